The second kappa shape index (κ2) is 7.75. The number of carbonyl (C=O) groups is 1. The SMILES string of the molecule is COC(=O)CSc1nnc(NS(=O)(=O)Cc2cccc(C)c2)s1. The van der Waals surface area contributed by atoms with E-state index in [2.05, 4.69) is 19.7 Å². The molecule has 0 aliphatic heterocycles. The first-order valence-corrected chi connectivity index (χ1v) is 9.92. The Kier molecular flexibility index (Phi) is 5.97. The third-order valence-corrected chi connectivity index (χ3v) is 5.92. The molecule has 0 radical (unpaired) electrons. The van der Waals surface area contributed by atoms with Gasteiger partial charge in [0.2, 0.25) is 15.2 Å². The quantitative estimate of drug-likeness (QED) is 0.586. The van der Waals surface area contributed by atoms with E-state index >= 15 is 0 Å². The number of hydrogen-bond donors (Lipinski definition) is 1. The molecule has 1 heterocycles. The van der Waals surface area contributed by atoms with Gasteiger partial charge in [-0.3, -0.25) is 9.52 Å². The lowest BCUT2D eigenvalue weighted by atomic mass is 10.2. The molecular formula is C13H15N3O4S3. The maximum Gasteiger partial charge on any atom is 0.316 e. The lowest BCUT2D eigenvalue weighted by Crippen LogP contribution is -2.15. The van der Waals surface area contributed by atoms with Crippen LogP contribution in [0.4, 0.5) is 5.13 Å². The topological polar surface area (TPSA) is 98.2 Å². The van der Waals surface area contributed by atoms with Gasteiger partial charge in [-0.05, 0) is 12.5 Å². The van der Waals surface area contributed by atoms with Gasteiger partial charge in [-0.1, -0.05) is 52.9 Å². The predicted octanol–water partition coefficient (Wildman–Crippen LogP) is 2.05. The third kappa shape index (κ3) is 5.81. The zero-order valence-electron chi connectivity index (χ0n) is 12.5. The summed E-state index contributed by atoms with van der Waals surface area (Å²) in [5.74, 6) is -0.424. The van der Waals surface area contributed by atoms with Crippen molar-refractivity contribution < 1.29 is 17.9 Å². The summed E-state index contributed by atoms with van der Waals surface area (Å²) in [7, 11) is -2.27. The Labute approximate surface area is 142 Å². The van der Waals surface area contributed by atoms with Crippen molar-refractivity contribution in [3.63, 3.8) is 0 Å². The monoisotopic (exact) mass is 373 g/mol. The molecule has 0 saturated heterocycles. The average molecular weight is 373 g/mol. The summed E-state index contributed by atoms with van der Waals surface area (Å²) in [6.45, 7) is 1.90. The maximum absolute atomic E-state index is 12.1. The number of thioether (sulfide) groups is 1. The summed E-state index contributed by atoms with van der Waals surface area (Å²) in [4.78, 5) is 11.1. The fourth-order valence-corrected chi connectivity index (χ4v) is 4.66. The van der Waals surface area contributed by atoms with Gasteiger partial charge in [0.15, 0.2) is 4.34 Å². The van der Waals surface area contributed by atoms with Crippen molar-refractivity contribution >= 4 is 44.2 Å². The second-order valence-electron chi connectivity index (χ2n) is 4.59. The number of hydrogen-bond acceptors (Lipinski definition) is 8. The standard InChI is InChI=1S/C13H15N3O4S3/c1-9-4-3-5-10(6-9)8-23(18,19)16-12-14-15-13(22-12)21-7-11(17)20-2/h3-6H,7-8H2,1-2H3,(H,14,16). The van der Waals surface area contributed by atoms with Crippen LogP contribution < -0.4 is 4.72 Å². The zero-order chi connectivity index (χ0) is 16.9. The molecule has 0 fully saturated rings. The van der Waals surface area contributed by atoms with Crippen molar-refractivity contribution in [2.75, 3.05) is 17.6 Å². The van der Waals surface area contributed by atoms with Gasteiger partial charge >= 0.3 is 5.97 Å². The highest BCUT2D eigenvalue weighted by Crippen LogP contribution is 2.26. The van der Waals surface area contributed by atoms with Crippen LogP contribution in [0.2, 0.25) is 0 Å². The molecule has 0 aliphatic rings. The summed E-state index contributed by atoms with van der Waals surface area (Å²) >= 11 is 2.21. The lowest BCUT2D eigenvalue weighted by Gasteiger charge is -2.05. The number of ether oxygens (including phenoxy) is 1. The van der Waals surface area contributed by atoms with E-state index in [1.807, 2.05) is 25.1 Å². The number of aromatic nitrogens is 2. The minimum absolute atomic E-state index is 0.0984. The molecule has 0 aliphatic carbocycles. The number of carbonyl (C=O) groups excluding carboxylic acids is 1. The molecule has 1 aromatic heterocycles. The van der Waals surface area contributed by atoms with Crippen molar-refractivity contribution in [3.05, 3.63) is 35.4 Å². The van der Waals surface area contributed by atoms with Crippen LogP contribution in [-0.2, 0) is 25.3 Å². The van der Waals surface area contributed by atoms with Crippen LogP contribution in [0.5, 0.6) is 0 Å². The largest absolute Gasteiger partial charge is 0.468 e. The minimum Gasteiger partial charge on any atom is -0.468 e. The normalized spacial score (nSPS) is 11.2. The number of anilines is 1. The number of rotatable bonds is 7. The maximum atomic E-state index is 12.1. The van der Waals surface area contributed by atoms with E-state index in [0.29, 0.717) is 9.90 Å². The summed E-state index contributed by atoms with van der Waals surface area (Å²) in [6.07, 6.45) is 0. The van der Waals surface area contributed by atoms with Gasteiger partial charge in [0.1, 0.15) is 0 Å². The summed E-state index contributed by atoms with van der Waals surface area (Å²) in [5.41, 5.74) is 1.69. The number of nitrogens with zero attached hydrogens (tertiary/aromatic N) is 2. The Morgan fingerprint density at radius 2 is 2.17 bits per heavy atom. The van der Waals surface area contributed by atoms with Crippen molar-refractivity contribution in [3.8, 4) is 0 Å². The highest BCUT2D eigenvalue weighted by atomic mass is 32.2. The van der Waals surface area contributed by atoms with Crippen molar-refractivity contribution in [2.45, 2.75) is 17.0 Å². The Hall–Kier alpha value is -1.65. The number of methoxy groups -OCH3 is 1. The van der Waals surface area contributed by atoms with E-state index in [-0.39, 0.29) is 22.6 Å². The lowest BCUT2D eigenvalue weighted by molar-refractivity contribution is -0.137. The van der Waals surface area contributed by atoms with Crippen molar-refractivity contribution in [1.82, 2.24) is 10.2 Å². The van der Waals surface area contributed by atoms with E-state index < -0.39 is 10.0 Å². The minimum atomic E-state index is -3.57. The highest BCUT2D eigenvalue weighted by Gasteiger charge is 2.15. The average Bonchev–Trinajstić information content (AvgIpc) is 2.90. The van der Waals surface area contributed by atoms with Crippen molar-refractivity contribution in [1.29, 1.82) is 0 Å². The fraction of sp³-hybridized carbons (Fsp3) is 0.308. The molecule has 0 unspecified atom stereocenters. The zero-order valence-corrected chi connectivity index (χ0v) is 14.9. The van der Waals surface area contributed by atoms with Gasteiger partial charge in [-0.2, -0.15) is 0 Å². The molecule has 124 valence electrons. The van der Waals surface area contributed by atoms with Crippen LogP contribution in [0.3, 0.4) is 0 Å². The Morgan fingerprint density at radius 3 is 2.87 bits per heavy atom. The van der Waals surface area contributed by atoms with Crippen LogP contribution in [0.25, 0.3) is 0 Å². The van der Waals surface area contributed by atoms with Gasteiger partial charge < -0.3 is 4.74 Å². The predicted molar refractivity (Wildman–Crippen MR) is 90.1 cm³/mol. The van der Waals surface area contributed by atoms with E-state index in [0.717, 1.165) is 28.7 Å². The molecule has 1 aromatic carbocycles. The highest BCUT2D eigenvalue weighted by molar-refractivity contribution is 8.01. The summed E-state index contributed by atoms with van der Waals surface area (Å²) < 4.78 is 31.7. The van der Waals surface area contributed by atoms with E-state index in [1.165, 1.54) is 7.11 Å². The molecule has 2 aromatic rings. The first kappa shape index (κ1) is 17.7. The Balaban J connectivity index is 1.98. The van der Waals surface area contributed by atoms with Gasteiger partial charge in [-0.15, -0.1) is 10.2 Å². The van der Waals surface area contributed by atoms with Crippen LogP contribution in [0.1, 0.15) is 11.1 Å². The van der Waals surface area contributed by atoms with E-state index in [9.17, 15) is 13.2 Å². The molecule has 0 bridgehead atoms. The van der Waals surface area contributed by atoms with Crippen molar-refractivity contribution in [2.24, 2.45) is 0 Å². The number of sulfonamides is 1. The summed E-state index contributed by atoms with van der Waals surface area (Å²) in [6, 6.07) is 7.28. The van der Waals surface area contributed by atoms with Gasteiger partial charge in [0.25, 0.3) is 0 Å². The molecule has 7 nitrogen and oxygen atoms in total. The Morgan fingerprint density at radius 1 is 1.39 bits per heavy atom. The molecule has 0 saturated carbocycles. The fourth-order valence-electron chi connectivity index (χ4n) is 1.68. The molecule has 0 spiro atoms. The Bertz CT molecular complexity index is 789. The molecule has 10 heteroatoms. The molecular weight excluding hydrogens is 358 g/mol. The first-order chi connectivity index (χ1) is 10.9. The first-order valence-electron chi connectivity index (χ1n) is 6.47. The number of benzene rings is 1. The van der Waals surface area contributed by atoms with Gasteiger partial charge in [0, 0.05) is 0 Å². The smallest absolute Gasteiger partial charge is 0.316 e. The third-order valence-electron chi connectivity index (χ3n) is 2.63. The van der Waals surface area contributed by atoms with Crippen LogP contribution in [0, 0.1) is 6.92 Å². The van der Waals surface area contributed by atoms with Gasteiger partial charge in [0.05, 0.1) is 18.6 Å². The number of esters is 1. The number of aryl methyl sites for hydroxylation is 1. The summed E-state index contributed by atoms with van der Waals surface area (Å²) in [5, 5.41) is 7.77. The van der Waals surface area contributed by atoms with E-state index in [1.54, 1.807) is 6.07 Å². The number of nitrogens with one attached hydrogen (secondary N) is 1. The molecule has 0 atom stereocenters. The molecule has 0 amide bonds. The van der Waals surface area contributed by atoms with E-state index in [4.69, 9.17) is 0 Å². The molecule has 2 rings (SSSR count). The molecule has 1 N–H and O–H groups in total. The second-order valence-corrected chi connectivity index (χ2v) is 8.51. The van der Waals surface area contributed by atoms with Gasteiger partial charge in [-0.25, -0.2) is 8.42 Å². The molecule has 23 heavy (non-hydrogen) atoms. The van der Waals surface area contributed by atoms with Crippen LogP contribution in [-0.4, -0.2) is 37.4 Å². The van der Waals surface area contributed by atoms with Crippen LogP contribution in [0.15, 0.2) is 28.6 Å². The van der Waals surface area contributed by atoms with Crippen LogP contribution >= 0.6 is 23.1 Å².